The van der Waals surface area contributed by atoms with Gasteiger partial charge in [0.2, 0.25) is 0 Å². The lowest BCUT2D eigenvalue weighted by Gasteiger charge is -2.43. The van der Waals surface area contributed by atoms with E-state index in [2.05, 4.69) is 24.3 Å². The van der Waals surface area contributed by atoms with E-state index in [-0.39, 0.29) is 5.92 Å². The minimum absolute atomic E-state index is 0.130. The van der Waals surface area contributed by atoms with Gasteiger partial charge in [-0.1, -0.05) is 24.3 Å². The number of allylic oxidation sites excluding steroid dienone is 4. The summed E-state index contributed by atoms with van der Waals surface area (Å²) in [6.45, 7) is 0. The zero-order valence-corrected chi connectivity index (χ0v) is 6.55. The predicted molar refractivity (Wildman–Crippen MR) is 43.4 cm³/mol. The largest absolute Gasteiger partial charge is 0.481 e. The van der Waals surface area contributed by atoms with Crippen molar-refractivity contribution in [3.8, 4) is 0 Å². The maximum Gasteiger partial charge on any atom is 0.307 e. The maximum absolute atomic E-state index is 10.8. The molecule has 0 saturated heterocycles. The SMILES string of the molecule is O=C(O)C1[C@@H]2C=CC3C=C[C@@H]1C32. The highest BCUT2D eigenvalue weighted by atomic mass is 16.4. The van der Waals surface area contributed by atoms with E-state index in [1.807, 2.05) is 0 Å². The second-order valence-corrected chi connectivity index (χ2v) is 3.94. The van der Waals surface area contributed by atoms with Crippen LogP contribution in [0.1, 0.15) is 0 Å². The smallest absolute Gasteiger partial charge is 0.307 e. The monoisotopic (exact) mass is 162 g/mol. The van der Waals surface area contributed by atoms with Crippen molar-refractivity contribution >= 4 is 5.97 Å². The Morgan fingerprint density at radius 1 is 1.08 bits per heavy atom. The summed E-state index contributed by atoms with van der Waals surface area (Å²) in [5.41, 5.74) is 0. The average Bonchev–Trinajstić information content (AvgIpc) is 2.36. The molecule has 2 heteroatoms. The molecule has 0 aromatic heterocycles. The van der Waals surface area contributed by atoms with Crippen molar-refractivity contribution in [1.29, 1.82) is 0 Å². The van der Waals surface area contributed by atoms with Gasteiger partial charge >= 0.3 is 5.97 Å². The molecule has 1 fully saturated rings. The summed E-state index contributed by atoms with van der Waals surface area (Å²) < 4.78 is 0. The number of rotatable bonds is 1. The lowest BCUT2D eigenvalue weighted by atomic mass is 9.58. The van der Waals surface area contributed by atoms with Gasteiger partial charge in [-0.05, 0) is 23.7 Å². The van der Waals surface area contributed by atoms with Crippen LogP contribution in [0.25, 0.3) is 0 Å². The van der Waals surface area contributed by atoms with Crippen molar-refractivity contribution in [2.24, 2.45) is 29.6 Å². The van der Waals surface area contributed by atoms with E-state index in [1.54, 1.807) is 0 Å². The molecule has 0 radical (unpaired) electrons. The molecule has 2 nitrogen and oxygen atoms in total. The van der Waals surface area contributed by atoms with Crippen molar-refractivity contribution in [3.63, 3.8) is 0 Å². The molecule has 1 N–H and O–H groups in total. The molecule has 3 aliphatic rings. The number of hydrogen-bond donors (Lipinski definition) is 1. The van der Waals surface area contributed by atoms with Crippen LogP contribution in [0.5, 0.6) is 0 Å². The number of carboxylic acid groups (broad SMARTS) is 1. The van der Waals surface area contributed by atoms with Crippen LogP contribution in [0.2, 0.25) is 0 Å². The zero-order chi connectivity index (χ0) is 8.29. The first-order chi connectivity index (χ1) is 5.79. The molecule has 3 aliphatic carbocycles. The first kappa shape index (κ1) is 6.46. The summed E-state index contributed by atoms with van der Waals surface area (Å²) in [4.78, 5) is 10.8. The molecular weight excluding hydrogens is 152 g/mol. The molecule has 3 rings (SSSR count). The molecule has 0 heterocycles. The highest BCUT2D eigenvalue weighted by molar-refractivity contribution is 5.74. The van der Waals surface area contributed by atoms with Gasteiger partial charge in [0.15, 0.2) is 0 Å². The molecule has 0 aromatic rings. The quantitative estimate of drug-likeness (QED) is 0.590. The van der Waals surface area contributed by atoms with E-state index in [0.717, 1.165) is 0 Å². The van der Waals surface area contributed by atoms with E-state index in [4.69, 9.17) is 5.11 Å². The minimum Gasteiger partial charge on any atom is -0.481 e. The average molecular weight is 162 g/mol. The van der Waals surface area contributed by atoms with Gasteiger partial charge in [-0.2, -0.15) is 0 Å². The second-order valence-electron chi connectivity index (χ2n) is 3.94. The number of carboxylic acids is 1. The summed E-state index contributed by atoms with van der Waals surface area (Å²) in [5, 5.41) is 8.93. The van der Waals surface area contributed by atoms with Gasteiger partial charge in [-0.15, -0.1) is 0 Å². The molecule has 0 amide bonds. The molecular formula is C10H10O2. The summed E-state index contributed by atoms with van der Waals surface area (Å²) >= 11 is 0. The van der Waals surface area contributed by atoms with Gasteiger partial charge in [0, 0.05) is 0 Å². The van der Waals surface area contributed by atoms with Gasteiger partial charge < -0.3 is 5.11 Å². The summed E-state index contributed by atoms with van der Waals surface area (Å²) in [6, 6.07) is 0. The van der Waals surface area contributed by atoms with Crippen LogP contribution in [-0.2, 0) is 4.79 Å². The Kier molecular flexibility index (Phi) is 0.978. The normalized spacial score (nSPS) is 52.2. The fraction of sp³-hybridized carbons (Fsp3) is 0.500. The van der Waals surface area contributed by atoms with Crippen LogP contribution < -0.4 is 0 Å². The Labute approximate surface area is 70.6 Å². The van der Waals surface area contributed by atoms with E-state index in [0.29, 0.717) is 23.7 Å². The van der Waals surface area contributed by atoms with Crippen LogP contribution in [-0.4, -0.2) is 11.1 Å². The zero-order valence-electron chi connectivity index (χ0n) is 6.55. The lowest BCUT2D eigenvalue weighted by Crippen LogP contribution is -2.47. The standard InChI is InChI=1S/C10H10O2/c11-10(12)9-6-3-1-5-2-4-7(9)8(5)6/h1-9H,(H,11,12)/t5?,6-,7-,8?,9?/m1/s1. The van der Waals surface area contributed by atoms with E-state index < -0.39 is 5.97 Å². The van der Waals surface area contributed by atoms with Crippen LogP contribution in [0, 0.1) is 29.6 Å². The highest BCUT2D eigenvalue weighted by Gasteiger charge is 2.57. The molecule has 0 bridgehead atoms. The van der Waals surface area contributed by atoms with E-state index >= 15 is 0 Å². The third kappa shape index (κ3) is 0.521. The van der Waals surface area contributed by atoms with Gasteiger partial charge in [-0.25, -0.2) is 0 Å². The van der Waals surface area contributed by atoms with Crippen LogP contribution in [0.3, 0.4) is 0 Å². The van der Waals surface area contributed by atoms with Gasteiger partial charge in [-0.3, -0.25) is 4.79 Å². The molecule has 0 aromatic carbocycles. The Hall–Kier alpha value is -1.05. The molecule has 62 valence electrons. The first-order valence-corrected chi connectivity index (χ1v) is 4.38. The van der Waals surface area contributed by atoms with Crippen molar-refractivity contribution in [2.45, 2.75) is 0 Å². The topological polar surface area (TPSA) is 37.3 Å². The Morgan fingerprint density at radius 2 is 1.67 bits per heavy atom. The van der Waals surface area contributed by atoms with Crippen molar-refractivity contribution in [1.82, 2.24) is 0 Å². The summed E-state index contributed by atoms with van der Waals surface area (Å²) in [7, 11) is 0. The molecule has 0 aliphatic heterocycles. The van der Waals surface area contributed by atoms with Gasteiger partial charge in [0.25, 0.3) is 0 Å². The summed E-state index contributed by atoms with van der Waals surface area (Å²) in [6.07, 6.45) is 8.51. The Morgan fingerprint density at radius 3 is 2.17 bits per heavy atom. The van der Waals surface area contributed by atoms with Crippen molar-refractivity contribution < 1.29 is 9.90 Å². The van der Waals surface area contributed by atoms with Crippen molar-refractivity contribution in [2.75, 3.05) is 0 Å². The van der Waals surface area contributed by atoms with E-state index in [9.17, 15) is 4.79 Å². The molecule has 12 heavy (non-hydrogen) atoms. The predicted octanol–water partition coefficient (Wildman–Crippen LogP) is 1.31. The van der Waals surface area contributed by atoms with Crippen LogP contribution in [0.15, 0.2) is 24.3 Å². The fourth-order valence-corrected chi connectivity index (χ4v) is 3.02. The lowest BCUT2D eigenvalue weighted by molar-refractivity contribution is -0.152. The fourth-order valence-electron chi connectivity index (χ4n) is 3.02. The Balaban J connectivity index is 1.98. The molecule has 0 unspecified atom stereocenters. The first-order valence-electron chi connectivity index (χ1n) is 4.38. The maximum atomic E-state index is 10.8. The van der Waals surface area contributed by atoms with E-state index in [1.165, 1.54) is 0 Å². The number of hydrogen-bond acceptors (Lipinski definition) is 1. The van der Waals surface area contributed by atoms with Crippen molar-refractivity contribution in [3.05, 3.63) is 24.3 Å². The molecule has 0 spiro atoms. The van der Waals surface area contributed by atoms with Crippen LogP contribution >= 0.6 is 0 Å². The summed E-state index contributed by atoms with van der Waals surface area (Å²) in [5.74, 6) is 1.05. The van der Waals surface area contributed by atoms with Gasteiger partial charge in [0.05, 0.1) is 5.92 Å². The molecule has 1 saturated carbocycles. The molecule has 2 atom stereocenters. The third-order valence-corrected chi connectivity index (χ3v) is 3.56. The van der Waals surface area contributed by atoms with Crippen LogP contribution in [0.4, 0.5) is 0 Å². The Bertz CT molecular complexity index is 281. The highest BCUT2D eigenvalue weighted by Crippen LogP contribution is 2.58. The van der Waals surface area contributed by atoms with Gasteiger partial charge in [0.1, 0.15) is 0 Å². The second kappa shape index (κ2) is 1.82. The third-order valence-electron chi connectivity index (χ3n) is 3.56. The number of aliphatic carboxylic acids is 1. The minimum atomic E-state index is -0.627. The number of carbonyl (C=O) groups is 1.